The van der Waals surface area contributed by atoms with Gasteiger partial charge in [0.05, 0.1) is 19.0 Å². The molecule has 0 radical (unpaired) electrons. The molecule has 1 amide bonds. The predicted molar refractivity (Wildman–Crippen MR) is 90.7 cm³/mol. The zero-order chi connectivity index (χ0) is 16.2. The molecular formula is C18H19N3O2. The van der Waals surface area contributed by atoms with Crippen molar-refractivity contribution >= 4 is 22.5 Å². The summed E-state index contributed by atoms with van der Waals surface area (Å²) in [5.41, 5.74) is 2.55. The lowest BCUT2D eigenvalue weighted by atomic mass is 10.1. The summed E-state index contributed by atoms with van der Waals surface area (Å²) in [5, 5.41) is 8.44. The van der Waals surface area contributed by atoms with Gasteiger partial charge >= 0.3 is 0 Å². The quantitative estimate of drug-likeness (QED) is 0.787. The van der Waals surface area contributed by atoms with Crippen LogP contribution in [-0.2, 0) is 17.8 Å². The summed E-state index contributed by atoms with van der Waals surface area (Å²) in [6.45, 7) is 2.87. The first kappa shape index (κ1) is 15.1. The number of nitrogens with one attached hydrogen (secondary N) is 1. The molecule has 0 aliphatic rings. The summed E-state index contributed by atoms with van der Waals surface area (Å²) in [6, 6.07) is 13.3. The molecule has 118 valence electrons. The lowest BCUT2D eigenvalue weighted by molar-refractivity contribution is -0.115. The van der Waals surface area contributed by atoms with Crippen molar-refractivity contribution in [3.63, 3.8) is 0 Å². The van der Waals surface area contributed by atoms with Gasteiger partial charge in [-0.25, -0.2) is 0 Å². The minimum Gasteiger partial charge on any atom is -0.497 e. The highest BCUT2D eigenvalue weighted by Gasteiger charge is 2.07. The second kappa shape index (κ2) is 6.52. The third-order valence-electron chi connectivity index (χ3n) is 3.66. The van der Waals surface area contributed by atoms with Crippen LogP contribution in [0.4, 0.5) is 5.69 Å². The summed E-state index contributed by atoms with van der Waals surface area (Å²) >= 11 is 0. The summed E-state index contributed by atoms with van der Waals surface area (Å²) in [5.74, 6) is 0.689. The van der Waals surface area contributed by atoms with Crippen LogP contribution < -0.4 is 10.1 Å². The van der Waals surface area contributed by atoms with Gasteiger partial charge in [-0.15, -0.1) is 0 Å². The maximum atomic E-state index is 12.2. The highest BCUT2D eigenvalue weighted by Crippen LogP contribution is 2.19. The molecule has 0 spiro atoms. The Kier molecular flexibility index (Phi) is 4.28. The molecule has 2 aromatic carbocycles. The van der Waals surface area contributed by atoms with Crippen molar-refractivity contribution in [3.8, 4) is 5.75 Å². The number of rotatable bonds is 5. The molecule has 5 nitrogen and oxygen atoms in total. The van der Waals surface area contributed by atoms with Crippen molar-refractivity contribution in [2.75, 3.05) is 12.4 Å². The number of nitrogens with zero attached hydrogens (tertiary/aromatic N) is 2. The van der Waals surface area contributed by atoms with Gasteiger partial charge in [0.15, 0.2) is 0 Å². The van der Waals surface area contributed by atoms with Gasteiger partial charge in [-0.05, 0) is 42.8 Å². The van der Waals surface area contributed by atoms with Gasteiger partial charge in [0.1, 0.15) is 5.75 Å². The van der Waals surface area contributed by atoms with Crippen molar-refractivity contribution in [3.05, 3.63) is 54.2 Å². The zero-order valence-electron chi connectivity index (χ0n) is 13.2. The number of fused-ring (bicyclic) bond motifs is 1. The van der Waals surface area contributed by atoms with Crippen LogP contribution in [0.15, 0.2) is 48.7 Å². The number of aryl methyl sites for hydroxylation is 1. The fourth-order valence-electron chi connectivity index (χ4n) is 2.48. The van der Waals surface area contributed by atoms with Crippen molar-refractivity contribution in [1.29, 1.82) is 0 Å². The molecule has 0 fully saturated rings. The maximum absolute atomic E-state index is 12.2. The van der Waals surface area contributed by atoms with Crippen molar-refractivity contribution < 1.29 is 9.53 Å². The minimum atomic E-state index is -0.0625. The van der Waals surface area contributed by atoms with Gasteiger partial charge in [0.25, 0.3) is 0 Å². The van der Waals surface area contributed by atoms with Gasteiger partial charge in [0.2, 0.25) is 5.91 Å². The fourth-order valence-corrected chi connectivity index (χ4v) is 2.48. The Bertz CT molecular complexity index is 839. The molecule has 1 aromatic heterocycles. The van der Waals surface area contributed by atoms with E-state index in [4.69, 9.17) is 4.74 Å². The molecule has 0 aliphatic carbocycles. The number of hydrogen-bond acceptors (Lipinski definition) is 3. The molecule has 0 atom stereocenters. The van der Waals surface area contributed by atoms with Gasteiger partial charge < -0.3 is 10.1 Å². The Labute approximate surface area is 134 Å². The van der Waals surface area contributed by atoms with Crippen molar-refractivity contribution in [1.82, 2.24) is 9.78 Å². The number of methoxy groups -OCH3 is 1. The Morgan fingerprint density at radius 2 is 2.13 bits per heavy atom. The minimum absolute atomic E-state index is 0.0625. The van der Waals surface area contributed by atoms with E-state index in [-0.39, 0.29) is 5.91 Å². The molecule has 0 bridgehead atoms. The summed E-state index contributed by atoms with van der Waals surface area (Å²) < 4.78 is 7.05. The molecule has 3 aromatic rings. The van der Waals surface area contributed by atoms with Crippen LogP contribution in [0.1, 0.15) is 12.5 Å². The van der Waals surface area contributed by atoms with E-state index in [0.29, 0.717) is 6.42 Å². The normalized spacial score (nSPS) is 10.7. The molecule has 5 heteroatoms. The van der Waals surface area contributed by atoms with Gasteiger partial charge in [-0.2, -0.15) is 5.10 Å². The topological polar surface area (TPSA) is 56.2 Å². The van der Waals surface area contributed by atoms with Crippen LogP contribution in [-0.4, -0.2) is 22.8 Å². The van der Waals surface area contributed by atoms with E-state index in [1.54, 1.807) is 7.11 Å². The Hall–Kier alpha value is -2.82. The average Bonchev–Trinajstić information content (AvgIpc) is 2.97. The van der Waals surface area contributed by atoms with Crippen molar-refractivity contribution in [2.45, 2.75) is 19.9 Å². The number of carbonyl (C=O) groups is 1. The van der Waals surface area contributed by atoms with E-state index in [1.165, 1.54) is 0 Å². The SMILES string of the molecule is CCn1cc2ccc(NC(=O)Cc3cccc(OC)c3)cc2n1. The first-order chi connectivity index (χ1) is 11.2. The molecule has 0 saturated carbocycles. The van der Waals surface area contributed by atoms with E-state index in [0.717, 1.165) is 34.4 Å². The number of benzene rings is 2. The van der Waals surface area contributed by atoms with E-state index >= 15 is 0 Å². The number of ether oxygens (including phenoxy) is 1. The molecule has 0 saturated heterocycles. The zero-order valence-corrected chi connectivity index (χ0v) is 13.2. The predicted octanol–water partition coefficient (Wildman–Crippen LogP) is 3.25. The molecule has 1 N–H and O–H groups in total. The van der Waals surface area contributed by atoms with Gasteiger partial charge in [-0.1, -0.05) is 12.1 Å². The molecule has 23 heavy (non-hydrogen) atoms. The standard InChI is InChI=1S/C18H19N3O2/c1-3-21-12-14-7-8-15(11-17(14)20-21)19-18(22)10-13-5-4-6-16(9-13)23-2/h4-9,11-12H,3,10H2,1-2H3,(H,19,22). The van der Waals surface area contributed by atoms with Crippen LogP contribution in [0.25, 0.3) is 10.9 Å². The van der Waals surface area contributed by atoms with E-state index in [2.05, 4.69) is 10.4 Å². The Balaban J connectivity index is 1.71. The second-order valence-electron chi connectivity index (χ2n) is 5.33. The highest BCUT2D eigenvalue weighted by atomic mass is 16.5. The molecule has 0 aliphatic heterocycles. The number of carbonyl (C=O) groups excluding carboxylic acids is 1. The summed E-state index contributed by atoms with van der Waals surface area (Å²) in [7, 11) is 1.61. The second-order valence-corrected chi connectivity index (χ2v) is 5.33. The lowest BCUT2D eigenvalue weighted by Gasteiger charge is -2.06. The van der Waals surface area contributed by atoms with Crippen LogP contribution in [0, 0.1) is 0 Å². The van der Waals surface area contributed by atoms with Gasteiger partial charge in [-0.3, -0.25) is 9.48 Å². The van der Waals surface area contributed by atoms with Gasteiger partial charge in [0, 0.05) is 23.8 Å². The monoisotopic (exact) mass is 309 g/mol. The third kappa shape index (κ3) is 3.51. The molecule has 0 unspecified atom stereocenters. The van der Waals surface area contributed by atoms with Crippen molar-refractivity contribution in [2.24, 2.45) is 0 Å². The number of aromatic nitrogens is 2. The summed E-state index contributed by atoms with van der Waals surface area (Å²) in [6.07, 6.45) is 2.30. The first-order valence-corrected chi connectivity index (χ1v) is 7.58. The first-order valence-electron chi connectivity index (χ1n) is 7.58. The molecule has 3 rings (SSSR count). The fraction of sp³-hybridized carbons (Fsp3) is 0.222. The van der Waals surface area contributed by atoms with Crippen LogP contribution in [0.2, 0.25) is 0 Å². The highest BCUT2D eigenvalue weighted by molar-refractivity contribution is 5.94. The maximum Gasteiger partial charge on any atom is 0.228 e. The third-order valence-corrected chi connectivity index (χ3v) is 3.66. The Morgan fingerprint density at radius 3 is 2.91 bits per heavy atom. The Morgan fingerprint density at radius 1 is 1.26 bits per heavy atom. The lowest BCUT2D eigenvalue weighted by Crippen LogP contribution is -2.14. The van der Waals surface area contributed by atoms with Crippen LogP contribution in [0.5, 0.6) is 5.75 Å². The van der Waals surface area contributed by atoms with Crippen LogP contribution in [0.3, 0.4) is 0 Å². The van der Waals surface area contributed by atoms with Crippen LogP contribution >= 0.6 is 0 Å². The average molecular weight is 309 g/mol. The van der Waals surface area contributed by atoms with E-state index < -0.39 is 0 Å². The summed E-state index contributed by atoms with van der Waals surface area (Å²) in [4.78, 5) is 12.2. The largest absolute Gasteiger partial charge is 0.497 e. The smallest absolute Gasteiger partial charge is 0.228 e. The molecular weight excluding hydrogens is 290 g/mol. The van der Waals surface area contributed by atoms with E-state index in [1.807, 2.05) is 60.3 Å². The van der Waals surface area contributed by atoms with E-state index in [9.17, 15) is 4.79 Å². The number of hydrogen-bond donors (Lipinski definition) is 1. The molecule has 1 heterocycles. The number of anilines is 1. The number of amides is 1.